The summed E-state index contributed by atoms with van der Waals surface area (Å²) in [7, 11) is 0. The second kappa shape index (κ2) is 5.21. The van der Waals surface area contributed by atoms with Gasteiger partial charge in [0.1, 0.15) is 0 Å². The first kappa shape index (κ1) is 10.6. The number of benzene rings is 2. The number of aryl methyl sites for hydroxylation is 1. The molecule has 0 saturated carbocycles. The minimum Gasteiger partial charge on any atom is -0.368 e. The van der Waals surface area contributed by atoms with Gasteiger partial charge in [-0.1, -0.05) is 35.9 Å². The van der Waals surface area contributed by atoms with E-state index in [-0.39, 0.29) is 0 Å². The van der Waals surface area contributed by atoms with Gasteiger partial charge in [-0.3, -0.25) is 0 Å². The fraction of sp³-hybridized carbons (Fsp3) is 0.143. The van der Waals surface area contributed by atoms with Crippen LogP contribution in [0.1, 0.15) is 5.56 Å². The SMILES string of the molecule is Cc1ccc(NCNc2ccccc2)cc1. The van der Waals surface area contributed by atoms with Crippen LogP contribution in [0.4, 0.5) is 11.4 Å². The molecule has 0 amide bonds. The van der Waals surface area contributed by atoms with Gasteiger partial charge < -0.3 is 10.6 Å². The van der Waals surface area contributed by atoms with Crippen LogP contribution in [0, 0.1) is 6.92 Å². The van der Waals surface area contributed by atoms with Gasteiger partial charge in [-0.05, 0) is 31.2 Å². The smallest absolute Gasteiger partial charge is 0.0849 e. The van der Waals surface area contributed by atoms with Gasteiger partial charge in [-0.25, -0.2) is 0 Å². The summed E-state index contributed by atoms with van der Waals surface area (Å²) in [6.07, 6.45) is 0. The summed E-state index contributed by atoms with van der Waals surface area (Å²) < 4.78 is 0. The molecule has 0 saturated heterocycles. The third-order valence-corrected chi connectivity index (χ3v) is 2.41. The van der Waals surface area contributed by atoms with Gasteiger partial charge in [0.25, 0.3) is 0 Å². The highest BCUT2D eigenvalue weighted by Crippen LogP contribution is 2.09. The summed E-state index contributed by atoms with van der Waals surface area (Å²) in [5.74, 6) is 0. The van der Waals surface area contributed by atoms with Crippen molar-refractivity contribution in [3.05, 3.63) is 60.2 Å². The van der Waals surface area contributed by atoms with Crippen molar-refractivity contribution in [2.75, 3.05) is 17.3 Å². The van der Waals surface area contributed by atoms with Gasteiger partial charge >= 0.3 is 0 Å². The lowest BCUT2D eigenvalue weighted by Crippen LogP contribution is -2.11. The Kier molecular flexibility index (Phi) is 3.44. The normalized spacial score (nSPS) is 9.81. The van der Waals surface area contributed by atoms with Crippen molar-refractivity contribution in [1.29, 1.82) is 0 Å². The summed E-state index contributed by atoms with van der Waals surface area (Å²) in [6.45, 7) is 2.82. The maximum atomic E-state index is 3.31. The zero-order chi connectivity index (χ0) is 11.2. The van der Waals surface area contributed by atoms with Gasteiger partial charge in [-0.2, -0.15) is 0 Å². The van der Waals surface area contributed by atoms with Crippen LogP contribution >= 0.6 is 0 Å². The van der Waals surface area contributed by atoms with E-state index in [2.05, 4.69) is 54.0 Å². The predicted molar refractivity (Wildman–Crippen MR) is 69.7 cm³/mol. The van der Waals surface area contributed by atoms with Crippen molar-refractivity contribution in [1.82, 2.24) is 0 Å². The maximum absolute atomic E-state index is 3.31. The van der Waals surface area contributed by atoms with Gasteiger partial charge in [0.15, 0.2) is 0 Å². The van der Waals surface area contributed by atoms with Crippen LogP contribution in [0.25, 0.3) is 0 Å². The molecule has 0 atom stereocenters. The van der Waals surface area contributed by atoms with Crippen molar-refractivity contribution < 1.29 is 0 Å². The fourth-order valence-corrected chi connectivity index (χ4v) is 1.48. The largest absolute Gasteiger partial charge is 0.368 e. The van der Waals surface area contributed by atoms with E-state index in [4.69, 9.17) is 0 Å². The van der Waals surface area contributed by atoms with Crippen LogP contribution in [-0.2, 0) is 0 Å². The monoisotopic (exact) mass is 212 g/mol. The van der Waals surface area contributed by atoms with Gasteiger partial charge in [0.2, 0.25) is 0 Å². The van der Waals surface area contributed by atoms with Gasteiger partial charge in [0, 0.05) is 11.4 Å². The Balaban J connectivity index is 1.82. The molecule has 0 fully saturated rings. The summed E-state index contributed by atoms with van der Waals surface area (Å²) in [6, 6.07) is 18.5. The second-order valence-corrected chi connectivity index (χ2v) is 3.76. The van der Waals surface area contributed by atoms with Crippen LogP contribution < -0.4 is 10.6 Å². The first-order valence-electron chi connectivity index (χ1n) is 5.44. The molecule has 0 aromatic heterocycles. The van der Waals surface area contributed by atoms with E-state index >= 15 is 0 Å². The average Bonchev–Trinajstić information content (AvgIpc) is 2.33. The lowest BCUT2D eigenvalue weighted by Gasteiger charge is -2.09. The molecule has 82 valence electrons. The molecule has 0 heterocycles. The summed E-state index contributed by atoms with van der Waals surface area (Å²) >= 11 is 0. The highest BCUT2D eigenvalue weighted by atomic mass is 15.1. The molecular formula is C14H16N2. The molecule has 0 aliphatic carbocycles. The standard InChI is InChI=1S/C14H16N2/c1-12-7-9-14(10-8-12)16-11-15-13-5-3-2-4-6-13/h2-10,15-16H,11H2,1H3. The zero-order valence-electron chi connectivity index (χ0n) is 9.40. The van der Waals surface area contributed by atoms with Crippen LogP contribution in [0.3, 0.4) is 0 Å². The average molecular weight is 212 g/mol. The number of para-hydroxylation sites is 1. The second-order valence-electron chi connectivity index (χ2n) is 3.76. The fourth-order valence-electron chi connectivity index (χ4n) is 1.48. The van der Waals surface area contributed by atoms with E-state index in [1.165, 1.54) is 5.56 Å². The Hall–Kier alpha value is -1.96. The number of rotatable bonds is 4. The molecule has 2 aromatic rings. The molecular weight excluding hydrogens is 196 g/mol. The number of hydrogen-bond donors (Lipinski definition) is 2. The summed E-state index contributed by atoms with van der Waals surface area (Å²) in [5.41, 5.74) is 3.54. The lowest BCUT2D eigenvalue weighted by molar-refractivity contribution is 1.21. The van der Waals surface area contributed by atoms with Crippen molar-refractivity contribution in [3.63, 3.8) is 0 Å². The highest BCUT2D eigenvalue weighted by molar-refractivity contribution is 5.47. The Morgan fingerprint density at radius 3 is 1.94 bits per heavy atom. The van der Waals surface area contributed by atoms with E-state index in [0.717, 1.165) is 18.0 Å². The minimum absolute atomic E-state index is 0.729. The molecule has 0 aliphatic rings. The van der Waals surface area contributed by atoms with Gasteiger partial charge in [-0.15, -0.1) is 0 Å². The maximum Gasteiger partial charge on any atom is 0.0849 e. The Morgan fingerprint density at radius 2 is 1.31 bits per heavy atom. The molecule has 0 unspecified atom stereocenters. The van der Waals surface area contributed by atoms with Gasteiger partial charge in [0.05, 0.1) is 6.67 Å². The zero-order valence-corrected chi connectivity index (χ0v) is 9.40. The highest BCUT2D eigenvalue weighted by Gasteiger charge is 1.91. The van der Waals surface area contributed by atoms with E-state index in [9.17, 15) is 0 Å². The van der Waals surface area contributed by atoms with Crippen molar-refractivity contribution in [3.8, 4) is 0 Å². The molecule has 0 spiro atoms. The number of hydrogen-bond acceptors (Lipinski definition) is 2. The summed E-state index contributed by atoms with van der Waals surface area (Å²) in [5, 5.41) is 6.61. The third-order valence-electron chi connectivity index (χ3n) is 2.41. The van der Waals surface area contributed by atoms with Crippen molar-refractivity contribution in [2.24, 2.45) is 0 Å². The lowest BCUT2D eigenvalue weighted by atomic mass is 10.2. The molecule has 2 rings (SSSR count). The quantitative estimate of drug-likeness (QED) is 0.758. The van der Waals surface area contributed by atoms with E-state index in [1.807, 2.05) is 18.2 Å². The van der Waals surface area contributed by atoms with E-state index in [1.54, 1.807) is 0 Å². The Labute approximate surface area is 96.3 Å². The van der Waals surface area contributed by atoms with Crippen LogP contribution in [0.5, 0.6) is 0 Å². The topological polar surface area (TPSA) is 24.1 Å². The van der Waals surface area contributed by atoms with Crippen molar-refractivity contribution in [2.45, 2.75) is 6.92 Å². The molecule has 16 heavy (non-hydrogen) atoms. The third kappa shape index (κ3) is 3.02. The van der Waals surface area contributed by atoms with Crippen LogP contribution in [-0.4, -0.2) is 6.67 Å². The molecule has 0 aliphatic heterocycles. The molecule has 2 heteroatoms. The molecule has 0 radical (unpaired) electrons. The van der Waals surface area contributed by atoms with Crippen LogP contribution in [0.15, 0.2) is 54.6 Å². The predicted octanol–water partition coefficient (Wildman–Crippen LogP) is 3.48. The number of nitrogens with one attached hydrogen (secondary N) is 2. The first-order valence-corrected chi connectivity index (χ1v) is 5.44. The minimum atomic E-state index is 0.729. The molecule has 2 N–H and O–H groups in total. The van der Waals surface area contributed by atoms with Crippen LogP contribution in [0.2, 0.25) is 0 Å². The van der Waals surface area contributed by atoms with Crippen molar-refractivity contribution >= 4 is 11.4 Å². The first-order chi connectivity index (χ1) is 7.84. The van der Waals surface area contributed by atoms with E-state index in [0.29, 0.717) is 0 Å². The Morgan fingerprint density at radius 1 is 0.750 bits per heavy atom. The molecule has 2 aromatic carbocycles. The Bertz CT molecular complexity index is 420. The van der Waals surface area contributed by atoms with E-state index < -0.39 is 0 Å². The molecule has 2 nitrogen and oxygen atoms in total. The summed E-state index contributed by atoms with van der Waals surface area (Å²) in [4.78, 5) is 0. The molecule has 0 bridgehead atoms. The number of anilines is 2.